The first-order valence-electron chi connectivity index (χ1n) is 60.7. The van der Waals surface area contributed by atoms with Crippen LogP contribution in [0.4, 0.5) is 0 Å². The van der Waals surface area contributed by atoms with Crippen molar-refractivity contribution < 1.29 is 88.8 Å². The summed E-state index contributed by atoms with van der Waals surface area (Å²) >= 11 is 0. The minimum Gasteiger partial charge on any atom is -0.462 e. The Labute approximate surface area is 867 Å². The van der Waals surface area contributed by atoms with Crippen LogP contribution in [0.3, 0.4) is 0 Å². The number of quaternary nitrogens is 3. The van der Waals surface area contributed by atoms with E-state index >= 15 is 4.57 Å². The molecule has 0 amide bonds. The summed E-state index contributed by atoms with van der Waals surface area (Å²) in [6.07, 6.45) is 86.0. The van der Waals surface area contributed by atoms with Gasteiger partial charge >= 0.3 is 43.6 Å². The molecule has 0 spiro atoms. The van der Waals surface area contributed by atoms with E-state index in [2.05, 4.69) is 41.5 Å². The molecule has 0 aromatic rings. The van der Waals surface area contributed by atoms with Crippen molar-refractivity contribution in [3.8, 4) is 0 Å². The van der Waals surface area contributed by atoms with Crippen LogP contribution in [0.5, 0.6) is 0 Å². The fraction of sp³-hybridized carbons (Fsp3) is 0.950. The zero-order chi connectivity index (χ0) is 103. The van der Waals surface area contributed by atoms with E-state index in [0.717, 1.165) is 116 Å². The fourth-order valence-electron chi connectivity index (χ4n) is 19.5. The molecule has 0 rings (SSSR count). The van der Waals surface area contributed by atoms with Crippen LogP contribution in [0.1, 0.15) is 600 Å². The van der Waals surface area contributed by atoms with Gasteiger partial charge in [-0.3, -0.25) is 42.3 Å². The molecule has 0 aromatic heterocycles. The van der Waals surface area contributed by atoms with E-state index in [1.807, 2.05) is 63.4 Å². The molecule has 0 fully saturated rings. The molecule has 0 aromatic carbocycles. The Kier molecular flexibility index (Phi) is 95.6. The fourth-order valence-corrected chi connectivity index (χ4v) is 21.2. The number of carbonyl (C=O) groups excluding carboxylic acids is 6. The number of rotatable bonds is 111. The largest absolute Gasteiger partial charge is 0.476 e. The second kappa shape index (κ2) is 97.9. The van der Waals surface area contributed by atoms with Gasteiger partial charge in [0.2, 0.25) is 0 Å². The van der Waals surface area contributed by atoms with E-state index in [0.29, 0.717) is 38.5 Å². The number of phosphoric ester groups is 1. The number of unbranched alkanes of at least 4 members (excludes halogenated alkanes) is 72. The molecule has 0 saturated carbocycles. The predicted molar refractivity (Wildman–Crippen MR) is 589 cm³/mol. The van der Waals surface area contributed by atoms with Gasteiger partial charge in [-0.1, -0.05) is 504 Å². The van der Waals surface area contributed by atoms with Gasteiger partial charge in [0.15, 0.2) is 0 Å². The molecule has 0 N–H and O–H groups in total. The number of esters is 6. The molecule has 0 aliphatic carbocycles. The summed E-state index contributed by atoms with van der Waals surface area (Å²) < 4.78 is 77.9. The number of nitrogens with zero attached hydrogens (tertiary/aromatic N) is 3. The van der Waals surface area contributed by atoms with Gasteiger partial charge in [-0.05, 0) is 38.5 Å². The minimum atomic E-state index is -5.05. The Morgan fingerprint density at radius 1 is 0.179 bits per heavy atom. The van der Waals surface area contributed by atoms with Crippen molar-refractivity contribution in [1.82, 2.24) is 0 Å². The van der Waals surface area contributed by atoms with E-state index in [1.54, 1.807) is 0 Å². The summed E-state index contributed by atoms with van der Waals surface area (Å²) in [5.74, 6) is -2.41. The second-order valence-corrected chi connectivity index (χ2v) is 47.6. The summed E-state index contributed by atoms with van der Waals surface area (Å²) in [4.78, 5) is 85.5. The number of hydrogen-bond donors (Lipinski definition) is 0. The van der Waals surface area contributed by atoms with Crippen molar-refractivity contribution >= 4 is 43.6 Å². The van der Waals surface area contributed by atoms with E-state index in [4.69, 9.17) is 42.0 Å². The van der Waals surface area contributed by atoms with Crippen LogP contribution in [0.15, 0.2) is 0 Å². The molecule has 0 aliphatic rings. The Bertz CT molecular complexity index is 2520. The van der Waals surface area contributed by atoms with Gasteiger partial charge in [-0.15, -0.1) is 0 Å². The summed E-state index contributed by atoms with van der Waals surface area (Å²) in [6.45, 7) is 13.4. The molecular weight excluding hydrogens is 1770 g/mol. The van der Waals surface area contributed by atoms with Gasteiger partial charge in [0.25, 0.3) is 0 Å². The van der Waals surface area contributed by atoms with Gasteiger partial charge in [0.1, 0.15) is 76.1 Å². The van der Waals surface area contributed by atoms with Crippen molar-refractivity contribution in [2.24, 2.45) is 0 Å². The first-order valence-corrected chi connectivity index (χ1v) is 62.2. The predicted octanol–water partition coefficient (Wildman–Crippen LogP) is 34.8. The number of likely N-dealkylation sites (N-methyl/N-ethyl adjacent to an activating group) is 3. The van der Waals surface area contributed by atoms with E-state index in [-0.39, 0.29) is 129 Å². The molecule has 830 valence electrons. The molecule has 0 radical (unpaired) electrons. The van der Waals surface area contributed by atoms with Gasteiger partial charge in [0, 0.05) is 57.8 Å². The van der Waals surface area contributed by atoms with Gasteiger partial charge in [0.05, 0.1) is 63.4 Å². The Morgan fingerprint density at radius 3 is 0.429 bits per heavy atom. The van der Waals surface area contributed by atoms with Crippen molar-refractivity contribution in [1.29, 1.82) is 0 Å². The van der Waals surface area contributed by atoms with Crippen molar-refractivity contribution in [3.05, 3.63) is 0 Å². The summed E-state index contributed by atoms with van der Waals surface area (Å²) in [7, 11) is 13.0. The lowest BCUT2D eigenvalue weighted by Gasteiger charge is -2.37. The maximum atomic E-state index is 17.4. The molecule has 0 saturated heterocycles. The molecule has 20 heteroatoms. The molecular formula is C120H237N3O16P+3. The lowest BCUT2D eigenvalue weighted by Crippen LogP contribution is -2.47. The number of carbonyl (C=O) groups is 6. The number of hydrogen-bond acceptors (Lipinski definition) is 16. The first kappa shape index (κ1) is 137. The van der Waals surface area contributed by atoms with Crippen LogP contribution in [-0.2, 0) is 75.3 Å². The molecule has 19 nitrogen and oxygen atoms in total. The van der Waals surface area contributed by atoms with Crippen LogP contribution in [-0.4, -0.2) is 189 Å². The molecule has 0 aliphatic heterocycles. The molecule has 140 heavy (non-hydrogen) atoms. The Morgan fingerprint density at radius 2 is 0.300 bits per heavy atom. The third-order valence-electron chi connectivity index (χ3n) is 27.8. The molecule has 0 bridgehead atoms. The van der Waals surface area contributed by atoms with Crippen LogP contribution in [0.25, 0.3) is 0 Å². The normalized spacial score (nSPS) is 13.8. The van der Waals surface area contributed by atoms with Gasteiger partial charge < -0.3 is 41.9 Å². The smallest absolute Gasteiger partial charge is 0.462 e. The van der Waals surface area contributed by atoms with Crippen LogP contribution < -0.4 is 0 Å². The summed E-state index contributed by atoms with van der Waals surface area (Å²) in [5.41, 5.74) is 0. The highest BCUT2D eigenvalue weighted by Crippen LogP contribution is 2.55. The zero-order valence-electron chi connectivity index (χ0n) is 95.5. The lowest BCUT2D eigenvalue weighted by molar-refractivity contribution is -0.874. The number of phosphoric acid groups is 1. The lowest BCUT2D eigenvalue weighted by atomic mass is 10.0. The topological polar surface area (TPSA) is 203 Å². The van der Waals surface area contributed by atoms with Crippen LogP contribution >= 0.6 is 7.82 Å². The van der Waals surface area contributed by atoms with Crippen molar-refractivity contribution in [2.45, 2.75) is 637 Å². The summed E-state index contributed by atoms with van der Waals surface area (Å²) in [5, 5.41) is 0. The van der Waals surface area contributed by atoms with Crippen LogP contribution in [0.2, 0.25) is 0 Å². The highest BCUT2D eigenvalue weighted by molar-refractivity contribution is 7.48. The standard InChI is InChI=1S/C120H237N3O16P/c1-16-22-28-34-40-46-52-58-64-70-76-82-88-94-115(124)131-106-112(134-118(127)97-91-85-79-73-67-61-55-49-43-37-31-25-19-4)100-109(103-121(7,8)9)137-140(130,138-110(104-122(10,11)12)101-113(135-119(128)98-92-86-80-74-68-62-56-50-44-38-32-26-20-5)107-132-116(125)95-89-83-77-71-65-59-53-47-41-35-29-23-17-2)139-111(105-123(13,14)15)102-114(136-120(129)99-93-87-81-75-69-63-57-51-45-39-33-27-21-6)108-133-117(126)96-90-84-78-72-66-60-54-48-42-36-30-24-18-3/h109-114H,16-108H2,1-15H3/q+3. The highest BCUT2D eigenvalue weighted by Gasteiger charge is 2.44. The zero-order valence-corrected chi connectivity index (χ0v) is 96.4. The third kappa shape index (κ3) is 99.4. The average molecular weight is 2010 g/mol. The van der Waals surface area contributed by atoms with E-state index in [1.165, 1.54) is 347 Å². The maximum absolute atomic E-state index is 17.4. The van der Waals surface area contributed by atoms with Gasteiger partial charge in [-0.25, -0.2) is 4.57 Å². The minimum absolute atomic E-state index is 0.0636. The monoisotopic (exact) mass is 2010 g/mol. The summed E-state index contributed by atoms with van der Waals surface area (Å²) in [6, 6.07) is 0. The Balaban J connectivity index is 8.20. The Hall–Kier alpha value is -3.19. The molecule has 0 heterocycles. The van der Waals surface area contributed by atoms with Crippen molar-refractivity contribution in [2.75, 3.05) is 103 Å². The molecule has 6 atom stereocenters. The average Bonchev–Trinajstić information content (AvgIpc) is 0.814. The van der Waals surface area contributed by atoms with Crippen LogP contribution in [0, 0.1) is 0 Å². The quantitative estimate of drug-likeness (QED) is 0.0183. The SMILES string of the molecule is CCCCCCCCCCCCCCCC(=O)OCC(CC(C[N+](C)(C)C)OP(=O)(OC(CC(COC(=O)CCCCCCCCCCCCCCC)OC(=O)CCCCCCCCCCCCCCC)C[N+](C)(C)C)OC(CC(COC(=O)CCCCCCCCCCCCCCC)OC(=O)CCCCCCCCCCCCCCC)C[N+](C)(C)C)OC(=O)CCCCCCCCCCCCCCC. The third-order valence-corrected chi connectivity index (χ3v) is 29.4. The van der Waals surface area contributed by atoms with E-state index < -0.39 is 62.4 Å². The van der Waals surface area contributed by atoms with Crippen molar-refractivity contribution in [3.63, 3.8) is 0 Å². The highest BCUT2D eigenvalue weighted by atomic mass is 31.2. The first-order chi connectivity index (χ1) is 67.6. The van der Waals surface area contributed by atoms with Gasteiger partial charge in [-0.2, -0.15) is 0 Å². The van der Waals surface area contributed by atoms with E-state index in [9.17, 15) is 28.8 Å². The molecule has 6 unspecified atom stereocenters. The second-order valence-electron chi connectivity index (χ2n) is 46.1. The maximum Gasteiger partial charge on any atom is 0.476 e. The number of ether oxygens (including phenoxy) is 6.